The molecule has 2 amide bonds. The molecule has 5 nitrogen and oxygen atoms in total. The Hall–Kier alpha value is -2.57. The maximum absolute atomic E-state index is 12.3. The molecule has 0 unspecified atom stereocenters. The number of carbonyl (C=O) groups is 1. The molecule has 0 aliphatic heterocycles. The van der Waals surface area contributed by atoms with Gasteiger partial charge in [0, 0.05) is 10.4 Å². The number of amides is 2. The third-order valence-corrected chi connectivity index (χ3v) is 4.56. The maximum atomic E-state index is 12.3. The summed E-state index contributed by atoms with van der Waals surface area (Å²) in [5, 5.41) is 8.29. The van der Waals surface area contributed by atoms with Crippen molar-refractivity contribution < 1.29 is 9.53 Å². The summed E-state index contributed by atoms with van der Waals surface area (Å²) >= 11 is 7.52. The van der Waals surface area contributed by atoms with Gasteiger partial charge in [0.2, 0.25) is 0 Å². The Labute approximate surface area is 161 Å². The number of urea groups is 1. The molecule has 0 aliphatic carbocycles. The molecular formula is C19H18ClN3O2S. The fourth-order valence-electron chi connectivity index (χ4n) is 2.37. The zero-order chi connectivity index (χ0) is 18.4. The summed E-state index contributed by atoms with van der Waals surface area (Å²) < 4.78 is 5.77. The molecule has 0 bridgehead atoms. The van der Waals surface area contributed by atoms with Gasteiger partial charge < -0.3 is 15.4 Å². The number of nitrogens with zero attached hydrogens (tertiary/aromatic N) is 1. The number of hydrogen-bond acceptors (Lipinski definition) is 4. The van der Waals surface area contributed by atoms with Gasteiger partial charge >= 0.3 is 6.03 Å². The third-order valence-electron chi connectivity index (χ3n) is 3.69. The first-order valence-electron chi connectivity index (χ1n) is 8.03. The lowest BCUT2D eigenvalue weighted by Gasteiger charge is -2.17. The lowest BCUT2D eigenvalue weighted by atomic mass is 10.1. The Kier molecular flexibility index (Phi) is 6.09. The van der Waals surface area contributed by atoms with E-state index in [9.17, 15) is 4.79 Å². The van der Waals surface area contributed by atoms with Gasteiger partial charge in [-0.15, -0.1) is 11.3 Å². The van der Waals surface area contributed by atoms with Crippen molar-refractivity contribution in [2.45, 2.75) is 19.6 Å². The van der Waals surface area contributed by atoms with Crippen LogP contribution in [-0.4, -0.2) is 11.0 Å². The number of halogens is 1. The van der Waals surface area contributed by atoms with Crippen molar-refractivity contribution >= 4 is 34.7 Å². The van der Waals surface area contributed by atoms with Crippen LogP contribution in [0, 0.1) is 0 Å². The van der Waals surface area contributed by atoms with Crippen molar-refractivity contribution in [2.24, 2.45) is 0 Å². The highest BCUT2D eigenvalue weighted by atomic mass is 35.5. The average molecular weight is 388 g/mol. The quantitative estimate of drug-likeness (QED) is 0.606. The van der Waals surface area contributed by atoms with E-state index in [0.29, 0.717) is 23.1 Å². The normalized spacial score (nSPS) is 11.6. The van der Waals surface area contributed by atoms with Gasteiger partial charge in [0.15, 0.2) is 0 Å². The second-order valence-corrected chi connectivity index (χ2v) is 6.79. The lowest BCUT2D eigenvalue weighted by molar-refractivity contribution is 0.249. The first kappa shape index (κ1) is 18.2. The highest BCUT2D eigenvalue weighted by Crippen LogP contribution is 2.25. The number of ether oxygens (including phenoxy) is 1. The third kappa shape index (κ3) is 4.97. The molecule has 1 aromatic heterocycles. The first-order chi connectivity index (χ1) is 12.6. The summed E-state index contributed by atoms with van der Waals surface area (Å²) in [6.07, 6.45) is 0. The molecule has 26 heavy (non-hydrogen) atoms. The van der Waals surface area contributed by atoms with Gasteiger partial charge in [-0.3, -0.25) is 0 Å². The van der Waals surface area contributed by atoms with Crippen molar-refractivity contribution in [1.29, 1.82) is 0 Å². The van der Waals surface area contributed by atoms with Crippen LogP contribution in [0.25, 0.3) is 0 Å². The fraction of sp³-hybridized carbons (Fsp3) is 0.158. The van der Waals surface area contributed by atoms with E-state index in [-0.39, 0.29) is 12.1 Å². The highest BCUT2D eigenvalue weighted by molar-refractivity contribution is 7.07. The van der Waals surface area contributed by atoms with Gasteiger partial charge in [0.05, 0.1) is 22.9 Å². The molecule has 0 aliphatic rings. The maximum Gasteiger partial charge on any atom is 0.319 e. The summed E-state index contributed by atoms with van der Waals surface area (Å²) in [7, 11) is 0. The van der Waals surface area contributed by atoms with Crippen LogP contribution in [0.3, 0.4) is 0 Å². The van der Waals surface area contributed by atoms with Crippen molar-refractivity contribution in [3.63, 3.8) is 0 Å². The number of thiazole rings is 1. The van der Waals surface area contributed by atoms with E-state index in [1.807, 2.05) is 48.7 Å². The van der Waals surface area contributed by atoms with Gasteiger partial charge in [-0.05, 0) is 36.8 Å². The van der Waals surface area contributed by atoms with Crippen LogP contribution in [-0.2, 0) is 6.61 Å². The number of para-hydroxylation sites is 2. The van der Waals surface area contributed by atoms with Crippen LogP contribution >= 0.6 is 22.9 Å². The van der Waals surface area contributed by atoms with Gasteiger partial charge in [0.1, 0.15) is 12.4 Å². The van der Waals surface area contributed by atoms with Crippen LogP contribution in [0.4, 0.5) is 10.5 Å². The predicted molar refractivity (Wildman–Crippen MR) is 105 cm³/mol. The lowest BCUT2D eigenvalue weighted by Crippen LogP contribution is -2.31. The van der Waals surface area contributed by atoms with Crippen LogP contribution < -0.4 is 15.4 Å². The molecule has 3 aromatic rings. The number of anilines is 1. The number of hydrogen-bond donors (Lipinski definition) is 2. The van der Waals surface area contributed by atoms with Gasteiger partial charge in [-0.25, -0.2) is 9.78 Å². The van der Waals surface area contributed by atoms with E-state index < -0.39 is 0 Å². The van der Waals surface area contributed by atoms with E-state index in [4.69, 9.17) is 16.3 Å². The largest absolute Gasteiger partial charge is 0.485 e. The molecule has 7 heteroatoms. The zero-order valence-corrected chi connectivity index (χ0v) is 15.7. The summed E-state index contributed by atoms with van der Waals surface area (Å²) in [5.41, 5.74) is 4.14. The predicted octanol–water partition coefficient (Wildman–Crippen LogP) is 5.26. The number of nitrogens with one attached hydrogen (secondary N) is 2. The van der Waals surface area contributed by atoms with E-state index >= 15 is 0 Å². The second-order valence-electron chi connectivity index (χ2n) is 5.64. The van der Waals surface area contributed by atoms with Crippen LogP contribution in [0.1, 0.15) is 24.2 Å². The van der Waals surface area contributed by atoms with Crippen molar-refractivity contribution in [1.82, 2.24) is 10.3 Å². The minimum Gasteiger partial charge on any atom is -0.485 e. The molecule has 0 saturated carbocycles. The smallest absolute Gasteiger partial charge is 0.319 e. The molecule has 0 radical (unpaired) electrons. The Morgan fingerprint density at radius 2 is 2.12 bits per heavy atom. The number of aromatic nitrogens is 1. The molecule has 1 atom stereocenters. The van der Waals surface area contributed by atoms with E-state index in [2.05, 4.69) is 15.6 Å². The molecule has 1 heterocycles. The summed E-state index contributed by atoms with van der Waals surface area (Å²) in [5.74, 6) is 0.589. The van der Waals surface area contributed by atoms with E-state index in [1.165, 1.54) is 11.3 Å². The van der Waals surface area contributed by atoms with Crippen molar-refractivity contribution in [2.75, 3.05) is 5.32 Å². The minimum atomic E-state index is -0.317. The highest BCUT2D eigenvalue weighted by Gasteiger charge is 2.12. The van der Waals surface area contributed by atoms with E-state index in [0.717, 1.165) is 11.3 Å². The van der Waals surface area contributed by atoms with Crippen molar-refractivity contribution in [3.8, 4) is 5.75 Å². The first-order valence-corrected chi connectivity index (χ1v) is 9.36. The molecule has 0 spiro atoms. The summed E-state index contributed by atoms with van der Waals surface area (Å²) in [6, 6.07) is 14.2. The Morgan fingerprint density at radius 1 is 1.27 bits per heavy atom. The van der Waals surface area contributed by atoms with Crippen LogP contribution in [0.15, 0.2) is 59.4 Å². The SMILES string of the molecule is C[C@@H](NC(=O)Nc1ccccc1OCc1cscn1)c1cccc(Cl)c1. The van der Waals surface area contributed by atoms with Crippen LogP contribution in [0.5, 0.6) is 5.75 Å². The molecule has 2 N–H and O–H groups in total. The van der Waals surface area contributed by atoms with Gasteiger partial charge in [-0.2, -0.15) is 0 Å². The van der Waals surface area contributed by atoms with E-state index in [1.54, 1.807) is 17.6 Å². The second kappa shape index (κ2) is 8.69. The number of rotatable bonds is 6. The standard InChI is InChI=1S/C19H18ClN3O2S/c1-13(14-5-4-6-15(20)9-14)22-19(24)23-17-7-2-3-8-18(17)25-10-16-11-26-12-21-16/h2-9,11-13H,10H2,1H3,(H2,22,23,24)/t13-/m1/s1. The molecule has 0 saturated heterocycles. The Bertz CT molecular complexity index is 871. The minimum absolute atomic E-state index is 0.184. The van der Waals surface area contributed by atoms with Gasteiger partial charge in [-0.1, -0.05) is 35.9 Å². The van der Waals surface area contributed by atoms with Crippen molar-refractivity contribution in [3.05, 3.63) is 75.7 Å². The molecule has 2 aromatic carbocycles. The zero-order valence-electron chi connectivity index (χ0n) is 14.1. The molecule has 3 rings (SSSR count). The molecule has 134 valence electrons. The average Bonchev–Trinajstić information content (AvgIpc) is 3.14. The number of benzene rings is 2. The topological polar surface area (TPSA) is 63.2 Å². The number of carbonyl (C=O) groups excluding carboxylic acids is 1. The summed E-state index contributed by atoms with van der Waals surface area (Å²) in [6.45, 7) is 2.25. The molecular weight excluding hydrogens is 370 g/mol. The summed E-state index contributed by atoms with van der Waals surface area (Å²) in [4.78, 5) is 16.5. The monoisotopic (exact) mass is 387 g/mol. The fourth-order valence-corrected chi connectivity index (χ4v) is 3.11. The Morgan fingerprint density at radius 3 is 2.88 bits per heavy atom. The van der Waals surface area contributed by atoms with Gasteiger partial charge in [0.25, 0.3) is 0 Å². The van der Waals surface area contributed by atoms with Crippen LogP contribution in [0.2, 0.25) is 5.02 Å². The Balaban J connectivity index is 1.62. The molecule has 0 fully saturated rings.